The third kappa shape index (κ3) is 2.11. The molecule has 0 bridgehead atoms. The molecule has 1 N–H and O–H groups in total. The molecule has 1 atom stereocenters. The topological polar surface area (TPSA) is 62.3 Å². The molecule has 1 aromatic heterocycles. The maximum absolute atomic E-state index is 12.0. The monoisotopic (exact) mass is 269 g/mol. The van der Waals surface area contributed by atoms with Crippen LogP contribution in [0.15, 0.2) is 36.5 Å². The van der Waals surface area contributed by atoms with Crippen molar-refractivity contribution in [2.45, 2.75) is 19.4 Å². The van der Waals surface area contributed by atoms with Gasteiger partial charge in [0.1, 0.15) is 6.04 Å². The standard InChI is InChI=1S/C15H15N3O2/c1-2-18-14(19)9-13(15(18)20)17-11-5-6-12-10(8-11)4-3-7-16-12/h3-8,13,17H,2,9H2,1H3. The first kappa shape index (κ1) is 12.6. The Labute approximate surface area is 116 Å². The minimum Gasteiger partial charge on any atom is -0.373 e. The molecule has 0 spiro atoms. The summed E-state index contributed by atoms with van der Waals surface area (Å²) in [5, 5.41) is 4.14. The number of rotatable bonds is 3. The lowest BCUT2D eigenvalue weighted by Crippen LogP contribution is -2.34. The van der Waals surface area contributed by atoms with Crippen molar-refractivity contribution in [1.29, 1.82) is 0 Å². The number of benzene rings is 1. The van der Waals surface area contributed by atoms with Gasteiger partial charge in [-0.1, -0.05) is 6.07 Å². The molecule has 1 fully saturated rings. The smallest absolute Gasteiger partial charge is 0.252 e. The Morgan fingerprint density at radius 3 is 2.95 bits per heavy atom. The second kappa shape index (κ2) is 4.92. The molecule has 5 heteroatoms. The van der Waals surface area contributed by atoms with Gasteiger partial charge in [-0.05, 0) is 31.2 Å². The normalized spacial score (nSPS) is 18.9. The molecule has 0 saturated carbocycles. The predicted octanol–water partition coefficient (Wildman–Crippen LogP) is 1.79. The molecule has 0 aliphatic carbocycles. The zero-order valence-electron chi connectivity index (χ0n) is 11.2. The van der Waals surface area contributed by atoms with E-state index in [0.717, 1.165) is 16.6 Å². The van der Waals surface area contributed by atoms with E-state index in [0.29, 0.717) is 6.54 Å². The molecule has 2 aromatic rings. The Morgan fingerprint density at radius 1 is 1.35 bits per heavy atom. The largest absolute Gasteiger partial charge is 0.373 e. The van der Waals surface area contributed by atoms with Crippen molar-refractivity contribution in [3.63, 3.8) is 0 Å². The van der Waals surface area contributed by atoms with Crippen molar-refractivity contribution < 1.29 is 9.59 Å². The Kier molecular flexibility index (Phi) is 3.10. The van der Waals surface area contributed by atoms with Gasteiger partial charge in [-0.15, -0.1) is 0 Å². The summed E-state index contributed by atoms with van der Waals surface area (Å²) in [6.07, 6.45) is 1.96. The number of anilines is 1. The molecule has 2 heterocycles. The molecule has 102 valence electrons. The Hall–Kier alpha value is -2.43. The van der Waals surface area contributed by atoms with Gasteiger partial charge >= 0.3 is 0 Å². The molecule has 2 amide bonds. The van der Waals surface area contributed by atoms with Crippen molar-refractivity contribution >= 4 is 28.4 Å². The van der Waals surface area contributed by atoms with Crippen LogP contribution in [0.1, 0.15) is 13.3 Å². The summed E-state index contributed by atoms with van der Waals surface area (Å²) in [5.41, 5.74) is 1.73. The van der Waals surface area contributed by atoms with E-state index in [1.807, 2.05) is 30.3 Å². The third-order valence-electron chi connectivity index (χ3n) is 3.50. The predicted molar refractivity (Wildman–Crippen MR) is 76.2 cm³/mol. The number of hydrogen-bond donors (Lipinski definition) is 1. The molecule has 20 heavy (non-hydrogen) atoms. The van der Waals surface area contributed by atoms with E-state index in [9.17, 15) is 9.59 Å². The van der Waals surface area contributed by atoms with E-state index >= 15 is 0 Å². The summed E-state index contributed by atoms with van der Waals surface area (Å²) in [6, 6.07) is 9.09. The van der Waals surface area contributed by atoms with Crippen LogP contribution < -0.4 is 5.32 Å². The molecular weight excluding hydrogens is 254 g/mol. The van der Waals surface area contributed by atoms with E-state index in [1.54, 1.807) is 13.1 Å². The number of hydrogen-bond acceptors (Lipinski definition) is 4. The fourth-order valence-electron chi connectivity index (χ4n) is 2.49. The quantitative estimate of drug-likeness (QED) is 0.863. The van der Waals surface area contributed by atoms with Gasteiger partial charge < -0.3 is 5.32 Å². The first-order chi connectivity index (χ1) is 9.69. The number of amides is 2. The minimum absolute atomic E-state index is 0.113. The lowest BCUT2D eigenvalue weighted by molar-refractivity contribution is -0.138. The summed E-state index contributed by atoms with van der Waals surface area (Å²) in [4.78, 5) is 29.3. The van der Waals surface area contributed by atoms with E-state index in [-0.39, 0.29) is 18.2 Å². The van der Waals surface area contributed by atoms with Crippen LogP contribution in [0.2, 0.25) is 0 Å². The summed E-state index contributed by atoms with van der Waals surface area (Å²) >= 11 is 0. The number of pyridine rings is 1. The van der Waals surface area contributed by atoms with Crippen LogP contribution in [-0.2, 0) is 9.59 Å². The van der Waals surface area contributed by atoms with Crippen molar-refractivity contribution in [1.82, 2.24) is 9.88 Å². The first-order valence-corrected chi connectivity index (χ1v) is 6.64. The van der Waals surface area contributed by atoms with E-state index in [1.165, 1.54) is 4.90 Å². The van der Waals surface area contributed by atoms with Gasteiger partial charge in [0.2, 0.25) is 5.91 Å². The van der Waals surface area contributed by atoms with Crippen LogP contribution >= 0.6 is 0 Å². The molecule has 1 aliphatic rings. The second-order valence-corrected chi connectivity index (χ2v) is 4.79. The fourth-order valence-corrected chi connectivity index (χ4v) is 2.49. The van der Waals surface area contributed by atoms with Crippen LogP contribution in [0, 0.1) is 0 Å². The highest BCUT2D eigenvalue weighted by Gasteiger charge is 2.37. The minimum atomic E-state index is -0.462. The van der Waals surface area contributed by atoms with E-state index in [4.69, 9.17) is 0 Å². The van der Waals surface area contributed by atoms with Gasteiger partial charge in [0.25, 0.3) is 5.91 Å². The van der Waals surface area contributed by atoms with Crippen molar-refractivity contribution in [2.75, 3.05) is 11.9 Å². The zero-order chi connectivity index (χ0) is 14.1. The van der Waals surface area contributed by atoms with E-state index < -0.39 is 6.04 Å². The maximum Gasteiger partial charge on any atom is 0.252 e. The summed E-state index contributed by atoms with van der Waals surface area (Å²) in [6.45, 7) is 2.23. The number of likely N-dealkylation sites (tertiary alicyclic amines) is 1. The summed E-state index contributed by atoms with van der Waals surface area (Å²) in [5.74, 6) is -0.263. The van der Waals surface area contributed by atoms with Gasteiger partial charge in [-0.25, -0.2) is 0 Å². The Balaban J connectivity index is 1.83. The van der Waals surface area contributed by atoms with E-state index in [2.05, 4.69) is 10.3 Å². The van der Waals surface area contributed by atoms with Crippen molar-refractivity contribution in [3.8, 4) is 0 Å². The van der Waals surface area contributed by atoms with Crippen LogP contribution in [0.4, 0.5) is 5.69 Å². The van der Waals surface area contributed by atoms with Gasteiger partial charge in [0.05, 0.1) is 11.9 Å². The molecule has 0 radical (unpaired) electrons. The molecule has 1 unspecified atom stereocenters. The highest BCUT2D eigenvalue weighted by atomic mass is 16.2. The number of fused-ring (bicyclic) bond motifs is 1. The number of imide groups is 1. The molecule has 5 nitrogen and oxygen atoms in total. The molecular formula is C15H15N3O2. The third-order valence-corrected chi connectivity index (χ3v) is 3.50. The number of aromatic nitrogens is 1. The van der Waals surface area contributed by atoms with Crippen LogP contribution in [0.3, 0.4) is 0 Å². The summed E-state index contributed by atoms with van der Waals surface area (Å²) < 4.78 is 0. The fraction of sp³-hybridized carbons (Fsp3) is 0.267. The average molecular weight is 269 g/mol. The number of nitrogens with zero attached hydrogens (tertiary/aromatic N) is 2. The van der Waals surface area contributed by atoms with Crippen LogP contribution in [0.5, 0.6) is 0 Å². The molecule has 1 aliphatic heterocycles. The van der Waals surface area contributed by atoms with Crippen molar-refractivity contribution in [3.05, 3.63) is 36.5 Å². The van der Waals surface area contributed by atoms with Gasteiger partial charge in [-0.3, -0.25) is 19.5 Å². The Morgan fingerprint density at radius 2 is 2.20 bits per heavy atom. The summed E-state index contributed by atoms with van der Waals surface area (Å²) in [7, 11) is 0. The molecule has 1 aromatic carbocycles. The SMILES string of the molecule is CCN1C(=O)CC(Nc2ccc3ncccc3c2)C1=O. The number of nitrogens with one attached hydrogen (secondary N) is 1. The lowest BCUT2D eigenvalue weighted by Gasteiger charge is -2.14. The van der Waals surface area contributed by atoms with Crippen molar-refractivity contribution in [2.24, 2.45) is 0 Å². The lowest BCUT2D eigenvalue weighted by atomic mass is 10.1. The number of carbonyl (C=O) groups excluding carboxylic acids is 2. The maximum atomic E-state index is 12.0. The number of likely N-dealkylation sites (N-methyl/N-ethyl adjacent to an activating group) is 1. The van der Waals surface area contributed by atoms with Crippen LogP contribution in [-0.4, -0.2) is 34.3 Å². The zero-order valence-corrected chi connectivity index (χ0v) is 11.2. The Bertz CT molecular complexity index is 684. The van der Waals surface area contributed by atoms with Gasteiger partial charge in [0.15, 0.2) is 0 Å². The van der Waals surface area contributed by atoms with Crippen LogP contribution in [0.25, 0.3) is 10.9 Å². The molecule has 1 saturated heterocycles. The highest BCUT2D eigenvalue weighted by Crippen LogP contribution is 2.21. The number of carbonyl (C=O) groups is 2. The molecule has 3 rings (SSSR count). The second-order valence-electron chi connectivity index (χ2n) is 4.79. The average Bonchev–Trinajstić information content (AvgIpc) is 2.73. The highest BCUT2D eigenvalue weighted by molar-refractivity contribution is 6.06. The first-order valence-electron chi connectivity index (χ1n) is 6.64. The van der Waals surface area contributed by atoms with Gasteiger partial charge in [0, 0.05) is 23.8 Å². The van der Waals surface area contributed by atoms with Gasteiger partial charge in [-0.2, -0.15) is 0 Å².